The van der Waals surface area contributed by atoms with Crippen LogP contribution in [0.3, 0.4) is 0 Å². The fourth-order valence-corrected chi connectivity index (χ4v) is 2.94. The molecule has 19 heavy (non-hydrogen) atoms. The van der Waals surface area contributed by atoms with Crippen LogP contribution in [-0.2, 0) is 6.54 Å². The van der Waals surface area contributed by atoms with Gasteiger partial charge in [-0.2, -0.15) is 0 Å². The first kappa shape index (κ1) is 12.1. The second-order valence-electron chi connectivity index (χ2n) is 5.25. The lowest BCUT2D eigenvalue weighted by molar-refractivity contribution is 0.0698. The molecule has 100 valence electrons. The van der Waals surface area contributed by atoms with E-state index in [4.69, 9.17) is 0 Å². The van der Waals surface area contributed by atoms with Crippen LogP contribution in [0.1, 0.15) is 42.5 Å². The van der Waals surface area contributed by atoms with Crippen molar-refractivity contribution in [3.8, 4) is 0 Å². The van der Waals surface area contributed by atoms with E-state index in [2.05, 4.69) is 10.3 Å². The lowest BCUT2D eigenvalue weighted by atomic mass is 9.89. The molecule has 1 aliphatic rings. The first-order valence-electron chi connectivity index (χ1n) is 6.81. The van der Waals surface area contributed by atoms with E-state index >= 15 is 0 Å². The molecule has 5 nitrogen and oxygen atoms in total. The molecule has 0 amide bonds. The third-order valence-electron chi connectivity index (χ3n) is 3.92. The van der Waals surface area contributed by atoms with E-state index in [1.807, 2.05) is 6.07 Å². The van der Waals surface area contributed by atoms with E-state index in [0.29, 0.717) is 22.5 Å². The number of fused-ring (bicyclic) bond motifs is 1. The quantitative estimate of drug-likeness (QED) is 0.920. The molecule has 0 spiro atoms. The monoisotopic (exact) mass is 259 g/mol. The fourth-order valence-electron chi connectivity index (χ4n) is 2.94. The van der Waals surface area contributed by atoms with Crippen LogP contribution in [0.4, 0.5) is 0 Å². The number of hydrogen-bond donors (Lipinski definition) is 1. The Morgan fingerprint density at radius 3 is 2.84 bits per heavy atom. The molecule has 0 radical (unpaired) electrons. The van der Waals surface area contributed by atoms with Gasteiger partial charge in [0.05, 0.1) is 5.56 Å². The summed E-state index contributed by atoms with van der Waals surface area (Å²) in [6.07, 6.45) is 6.26. The average Bonchev–Trinajstić information content (AvgIpc) is 2.83. The van der Waals surface area contributed by atoms with Gasteiger partial charge in [-0.1, -0.05) is 30.5 Å². The largest absolute Gasteiger partial charge is 0.478 e. The zero-order valence-electron chi connectivity index (χ0n) is 10.7. The van der Waals surface area contributed by atoms with Gasteiger partial charge in [0.25, 0.3) is 0 Å². The minimum Gasteiger partial charge on any atom is -0.478 e. The summed E-state index contributed by atoms with van der Waals surface area (Å²) in [5.41, 5.74) is 1.61. The Morgan fingerprint density at radius 1 is 1.32 bits per heavy atom. The molecule has 2 aromatic rings. The van der Waals surface area contributed by atoms with Crippen molar-refractivity contribution >= 4 is 17.0 Å². The molecule has 3 rings (SSSR count). The van der Waals surface area contributed by atoms with Crippen LogP contribution in [0.25, 0.3) is 11.0 Å². The van der Waals surface area contributed by atoms with Crippen LogP contribution >= 0.6 is 0 Å². The molecule has 0 aliphatic heterocycles. The summed E-state index contributed by atoms with van der Waals surface area (Å²) in [6.45, 7) is 0.779. The molecule has 5 heteroatoms. The number of benzene rings is 1. The fraction of sp³-hybridized carbons (Fsp3) is 0.500. The van der Waals surface area contributed by atoms with E-state index < -0.39 is 5.97 Å². The van der Waals surface area contributed by atoms with E-state index in [9.17, 15) is 9.90 Å². The van der Waals surface area contributed by atoms with Gasteiger partial charge in [0.2, 0.25) is 0 Å². The van der Waals surface area contributed by atoms with Crippen LogP contribution in [-0.4, -0.2) is 26.1 Å². The maximum atomic E-state index is 11.3. The Kier molecular flexibility index (Phi) is 3.19. The number of hydrogen-bond acceptors (Lipinski definition) is 3. The van der Waals surface area contributed by atoms with Crippen molar-refractivity contribution in [3.63, 3.8) is 0 Å². The van der Waals surface area contributed by atoms with Gasteiger partial charge < -0.3 is 5.11 Å². The molecule has 0 atom stereocenters. The van der Waals surface area contributed by atoms with Gasteiger partial charge in [-0.15, -0.1) is 5.10 Å². The molecule has 1 aromatic heterocycles. The molecule has 0 unspecified atom stereocenters. The highest BCUT2D eigenvalue weighted by Gasteiger charge is 2.19. The second kappa shape index (κ2) is 4.99. The Labute approximate surface area is 111 Å². The van der Waals surface area contributed by atoms with Crippen molar-refractivity contribution < 1.29 is 9.90 Å². The van der Waals surface area contributed by atoms with Gasteiger partial charge >= 0.3 is 5.97 Å². The molecular weight excluding hydrogens is 242 g/mol. The zero-order chi connectivity index (χ0) is 13.2. The van der Waals surface area contributed by atoms with Crippen molar-refractivity contribution in [2.24, 2.45) is 5.92 Å². The summed E-state index contributed by atoms with van der Waals surface area (Å²) in [4.78, 5) is 11.3. The predicted molar refractivity (Wildman–Crippen MR) is 71.1 cm³/mol. The van der Waals surface area contributed by atoms with E-state index in [0.717, 1.165) is 6.54 Å². The smallest absolute Gasteiger partial charge is 0.337 e. The maximum Gasteiger partial charge on any atom is 0.337 e. The molecule has 0 bridgehead atoms. The van der Waals surface area contributed by atoms with Crippen molar-refractivity contribution in [3.05, 3.63) is 23.8 Å². The molecule has 1 saturated carbocycles. The third-order valence-corrected chi connectivity index (χ3v) is 3.92. The molecule has 1 aliphatic carbocycles. The summed E-state index contributed by atoms with van der Waals surface area (Å²) in [5.74, 6) is -0.321. The summed E-state index contributed by atoms with van der Waals surface area (Å²) >= 11 is 0. The van der Waals surface area contributed by atoms with Crippen molar-refractivity contribution in [2.75, 3.05) is 0 Å². The average molecular weight is 259 g/mol. The SMILES string of the molecule is O=C(O)c1cccc2nnn(CC3CCCCC3)c12. The van der Waals surface area contributed by atoms with Gasteiger partial charge in [0.15, 0.2) is 0 Å². The maximum absolute atomic E-state index is 11.3. The number of para-hydroxylation sites is 1. The Hall–Kier alpha value is -1.91. The van der Waals surface area contributed by atoms with Crippen LogP contribution in [0, 0.1) is 5.92 Å². The number of rotatable bonds is 3. The third kappa shape index (κ3) is 2.32. The van der Waals surface area contributed by atoms with E-state index in [1.54, 1.807) is 16.8 Å². The highest BCUT2D eigenvalue weighted by molar-refractivity contribution is 6.00. The Balaban J connectivity index is 1.96. The molecular formula is C14H17N3O2. The van der Waals surface area contributed by atoms with Crippen molar-refractivity contribution in [1.82, 2.24) is 15.0 Å². The normalized spacial score (nSPS) is 16.8. The van der Waals surface area contributed by atoms with Crippen LogP contribution in [0.15, 0.2) is 18.2 Å². The molecule has 1 aromatic carbocycles. The first-order valence-corrected chi connectivity index (χ1v) is 6.81. The Bertz CT molecular complexity index is 600. The number of carboxylic acids is 1. The minimum absolute atomic E-state index is 0.290. The van der Waals surface area contributed by atoms with E-state index in [-0.39, 0.29) is 0 Å². The summed E-state index contributed by atoms with van der Waals surface area (Å²) < 4.78 is 1.77. The number of carboxylic acid groups (broad SMARTS) is 1. The minimum atomic E-state index is -0.919. The summed E-state index contributed by atoms with van der Waals surface area (Å²) in [5, 5.41) is 17.5. The first-order chi connectivity index (χ1) is 9.25. The lowest BCUT2D eigenvalue weighted by Gasteiger charge is -2.21. The lowest BCUT2D eigenvalue weighted by Crippen LogP contribution is -2.16. The molecule has 1 N–H and O–H groups in total. The van der Waals surface area contributed by atoms with Gasteiger partial charge in [-0.3, -0.25) is 0 Å². The highest BCUT2D eigenvalue weighted by Crippen LogP contribution is 2.26. The van der Waals surface area contributed by atoms with Crippen LogP contribution in [0.2, 0.25) is 0 Å². The number of nitrogens with zero attached hydrogens (tertiary/aromatic N) is 3. The summed E-state index contributed by atoms with van der Waals surface area (Å²) in [6, 6.07) is 5.14. The van der Waals surface area contributed by atoms with E-state index in [1.165, 1.54) is 32.1 Å². The van der Waals surface area contributed by atoms with Crippen molar-refractivity contribution in [2.45, 2.75) is 38.6 Å². The van der Waals surface area contributed by atoms with Crippen LogP contribution < -0.4 is 0 Å². The number of aromatic carboxylic acids is 1. The predicted octanol–water partition coefficient (Wildman–Crippen LogP) is 2.71. The van der Waals surface area contributed by atoms with Crippen LogP contribution in [0.5, 0.6) is 0 Å². The summed E-state index contributed by atoms with van der Waals surface area (Å²) in [7, 11) is 0. The van der Waals surface area contributed by atoms with Gasteiger partial charge in [0.1, 0.15) is 11.0 Å². The van der Waals surface area contributed by atoms with Crippen molar-refractivity contribution in [1.29, 1.82) is 0 Å². The topological polar surface area (TPSA) is 68.0 Å². The van der Waals surface area contributed by atoms with Gasteiger partial charge in [-0.05, 0) is 30.9 Å². The highest BCUT2D eigenvalue weighted by atomic mass is 16.4. The molecule has 1 fully saturated rings. The standard InChI is InChI=1S/C14H17N3O2/c18-14(19)11-7-4-8-12-13(11)17(16-15-12)9-10-5-2-1-3-6-10/h4,7-8,10H,1-3,5-6,9H2,(H,18,19). The zero-order valence-corrected chi connectivity index (χ0v) is 10.7. The number of carbonyl (C=O) groups is 1. The molecule has 1 heterocycles. The Morgan fingerprint density at radius 2 is 2.11 bits per heavy atom. The molecule has 0 saturated heterocycles. The second-order valence-corrected chi connectivity index (χ2v) is 5.25. The van der Waals surface area contributed by atoms with Gasteiger partial charge in [0, 0.05) is 6.54 Å². The van der Waals surface area contributed by atoms with Gasteiger partial charge in [-0.25, -0.2) is 9.48 Å². The number of aromatic nitrogens is 3.